The average molecular weight is 490 g/mol. The largest absolute Gasteiger partial charge is 0.481 e. The fraction of sp³-hybridized carbons (Fsp3) is 0.348. The molecule has 0 spiro atoms. The Kier molecular flexibility index (Phi) is 8.98. The summed E-state index contributed by atoms with van der Waals surface area (Å²) >= 11 is 0. The van der Waals surface area contributed by atoms with E-state index < -0.39 is 36.7 Å². The third-order valence-corrected chi connectivity index (χ3v) is 7.64. The zero-order chi connectivity index (χ0) is 25.5. The molecular formula is C23H31N4O6P. The Morgan fingerprint density at radius 1 is 1.12 bits per heavy atom. The second kappa shape index (κ2) is 11.3. The first-order chi connectivity index (χ1) is 15.9. The highest BCUT2D eigenvalue weighted by molar-refractivity contribution is 7.60. The molecule has 0 radical (unpaired) electrons. The summed E-state index contributed by atoms with van der Waals surface area (Å²) in [7, 11) is -4.63. The first kappa shape index (κ1) is 27.0. The molecule has 0 aromatic heterocycles. The second-order valence-electron chi connectivity index (χ2n) is 8.49. The van der Waals surface area contributed by atoms with E-state index in [0.717, 1.165) is 0 Å². The highest BCUT2D eigenvalue weighted by Crippen LogP contribution is 2.57. The Morgan fingerprint density at radius 2 is 1.76 bits per heavy atom. The van der Waals surface area contributed by atoms with Gasteiger partial charge in [0, 0.05) is 6.16 Å². The minimum absolute atomic E-state index is 0.139. The summed E-state index contributed by atoms with van der Waals surface area (Å²) in [5.74, 6) is -4.34. The van der Waals surface area contributed by atoms with Crippen molar-refractivity contribution in [2.75, 3.05) is 6.16 Å². The third-order valence-electron chi connectivity index (χ3n) is 5.17. The molecule has 0 heterocycles. The molecule has 0 aliphatic carbocycles. The quantitative estimate of drug-likeness (QED) is 0.136. The fourth-order valence-electron chi connectivity index (χ4n) is 3.54. The van der Waals surface area contributed by atoms with Gasteiger partial charge in [0.15, 0.2) is 11.2 Å². The van der Waals surface area contributed by atoms with Crippen LogP contribution in [0, 0.1) is 5.92 Å². The average Bonchev–Trinajstić information content (AvgIpc) is 2.75. The Morgan fingerprint density at radius 3 is 2.32 bits per heavy atom. The Labute approximate surface area is 198 Å². The molecule has 11 heteroatoms. The van der Waals surface area contributed by atoms with Crippen molar-refractivity contribution in [3.63, 3.8) is 0 Å². The lowest BCUT2D eigenvalue weighted by atomic mass is 10.0. The minimum atomic E-state index is -4.63. The highest BCUT2D eigenvalue weighted by atomic mass is 31.2. The zero-order valence-electron chi connectivity index (χ0n) is 19.1. The Bertz CT molecular complexity index is 1090. The number of guanidine groups is 1. The minimum Gasteiger partial charge on any atom is -0.481 e. The molecule has 0 amide bonds. The molecule has 2 aromatic carbocycles. The number of carboxylic acids is 1. The Balaban J connectivity index is 2.37. The number of nitrogens with two attached hydrogens (primary N) is 3. The SMILES string of the molecule is CC(C)CC(N)(C(=O)OCc1ccccc1)P(=O)(O)CC(C(=O)O)c1cccc(N=C(N)N)c1. The molecule has 0 saturated carbocycles. The summed E-state index contributed by atoms with van der Waals surface area (Å²) in [5, 5.41) is 7.54. The van der Waals surface area contributed by atoms with Gasteiger partial charge in [0.1, 0.15) is 6.61 Å². The van der Waals surface area contributed by atoms with Crippen LogP contribution in [0.4, 0.5) is 5.69 Å². The lowest BCUT2D eigenvalue weighted by molar-refractivity contribution is -0.149. The van der Waals surface area contributed by atoms with Crippen LogP contribution in [0.3, 0.4) is 0 Å². The number of aliphatic imine (C=N–C) groups is 1. The van der Waals surface area contributed by atoms with Crippen molar-refractivity contribution < 1.29 is 28.9 Å². The maximum Gasteiger partial charge on any atom is 0.336 e. The van der Waals surface area contributed by atoms with Gasteiger partial charge in [-0.15, -0.1) is 0 Å². The Hall–Kier alpha value is -3.20. The molecule has 184 valence electrons. The van der Waals surface area contributed by atoms with Gasteiger partial charge in [-0.25, -0.2) is 9.79 Å². The van der Waals surface area contributed by atoms with Crippen LogP contribution in [-0.4, -0.2) is 39.3 Å². The molecule has 3 unspecified atom stereocenters. The molecule has 10 nitrogen and oxygen atoms in total. The van der Waals surface area contributed by atoms with E-state index in [2.05, 4.69) is 4.99 Å². The maximum absolute atomic E-state index is 13.6. The van der Waals surface area contributed by atoms with Crippen LogP contribution in [0.1, 0.15) is 37.3 Å². The van der Waals surface area contributed by atoms with Crippen molar-refractivity contribution in [3.05, 3.63) is 65.7 Å². The summed E-state index contributed by atoms with van der Waals surface area (Å²) in [6.07, 6.45) is -0.952. The molecule has 0 aliphatic heterocycles. The number of ether oxygens (including phenoxy) is 1. The summed E-state index contributed by atoms with van der Waals surface area (Å²) in [6, 6.07) is 14.7. The fourth-order valence-corrected chi connectivity index (χ4v) is 5.72. The molecule has 2 aromatic rings. The normalized spacial score (nSPS) is 15.6. The van der Waals surface area contributed by atoms with Gasteiger partial charge in [-0.2, -0.15) is 0 Å². The van der Waals surface area contributed by atoms with Gasteiger partial charge >= 0.3 is 11.9 Å². The highest BCUT2D eigenvalue weighted by Gasteiger charge is 2.53. The molecule has 8 N–H and O–H groups in total. The van der Waals surface area contributed by atoms with Crippen molar-refractivity contribution >= 4 is 31.0 Å². The molecule has 0 fully saturated rings. The van der Waals surface area contributed by atoms with Crippen molar-refractivity contribution in [1.29, 1.82) is 0 Å². The van der Waals surface area contributed by atoms with Gasteiger partial charge < -0.3 is 31.9 Å². The number of carbonyl (C=O) groups excluding carboxylic acids is 1. The van der Waals surface area contributed by atoms with Crippen LogP contribution < -0.4 is 17.2 Å². The van der Waals surface area contributed by atoms with E-state index in [9.17, 15) is 24.2 Å². The van der Waals surface area contributed by atoms with Gasteiger partial charge in [-0.3, -0.25) is 9.36 Å². The second-order valence-corrected chi connectivity index (χ2v) is 11.1. The van der Waals surface area contributed by atoms with E-state index in [0.29, 0.717) is 5.56 Å². The van der Waals surface area contributed by atoms with E-state index in [4.69, 9.17) is 21.9 Å². The van der Waals surface area contributed by atoms with Gasteiger partial charge in [-0.05, 0) is 35.6 Å². The summed E-state index contributed by atoms with van der Waals surface area (Å²) in [5.41, 5.74) is 18.2. The first-order valence-electron chi connectivity index (χ1n) is 10.6. The van der Waals surface area contributed by atoms with Crippen LogP contribution >= 0.6 is 7.37 Å². The van der Waals surface area contributed by atoms with Gasteiger partial charge in [0.2, 0.25) is 7.37 Å². The topological polar surface area (TPSA) is 191 Å². The van der Waals surface area contributed by atoms with Crippen LogP contribution in [0.15, 0.2) is 59.6 Å². The van der Waals surface area contributed by atoms with Crippen LogP contribution in [-0.2, 0) is 25.5 Å². The lowest BCUT2D eigenvalue weighted by Gasteiger charge is -2.34. The summed E-state index contributed by atoms with van der Waals surface area (Å²) in [4.78, 5) is 40.0. The zero-order valence-corrected chi connectivity index (χ0v) is 20.0. The molecule has 34 heavy (non-hydrogen) atoms. The number of nitrogens with zero attached hydrogens (tertiary/aromatic N) is 1. The monoisotopic (exact) mass is 490 g/mol. The molecule has 0 saturated heterocycles. The maximum atomic E-state index is 13.6. The van der Waals surface area contributed by atoms with Crippen LogP contribution in [0.5, 0.6) is 0 Å². The molecule has 3 atom stereocenters. The number of benzene rings is 2. The molecule has 2 rings (SSSR count). The number of carboxylic acid groups (broad SMARTS) is 1. The van der Waals surface area contributed by atoms with Crippen molar-refractivity contribution in [3.8, 4) is 0 Å². The molecule has 0 bridgehead atoms. The number of hydrogen-bond acceptors (Lipinski definition) is 6. The number of aliphatic carboxylic acids is 1. The van der Waals surface area contributed by atoms with Gasteiger partial charge in [0.05, 0.1) is 11.6 Å². The van der Waals surface area contributed by atoms with Crippen molar-refractivity contribution in [2.45, 2.75) is 38.1 Å². The van der Waals surface area contributed by atoms with Crippen LogP contribution in [0.25, 0.3) is 0 Å². The number of hydrogen-bond donors (Lipinski definition) is 5. The third kappa shape index (κ3) is 6.90. The van der Waals surface area contributed by atoms with Gasteiger partial charge in [-0.1, -0.05) is 56.3 Å². The number of rotatable bonds is 11. The van der Waals surface area contributed by atoms with E-state index in [1.165, 1.54) is 18.2 Å². The summed E-state index contributed by atoms with van der Waals surface area (Å²) in [6.45, 7) is 3.33. The lowest BCUT2D eigenvalue weighted by Crippen LogP contribution is -2.50. The van der Waals surface area contributed by atoms with E-state index >= 15 is 0 Å². The first-order valence-corrected chi connectivity index (χ1v) is 12.4. The number of esters is 1. The predicted octanol–water partition coefficient (Wildman–Crippen LogP) is 2.47. The van der Waals surface area contributed by atoms with E-state index in [1.807, 2.05) is 0 Å². The number of carbonyl (C=O) groups is 2. The molecular weight excluding hydrogens is 459 g/mol. The smallest absolute Gasteiger partial charge is 0.336 e. The molecule has 0 aliphatic rings. The van der Waals surface area contributed by atoms with E-state index in [1.54, 1.807) is 50.2 Å². The predicted molar refractivity (Wildman–Crippen MR) is 130 cm³/mol. The van der Waals surface area contributed by atoms with Gasteiger partial charge in [0.25, 0.3) is 0 Å². The van der Waals surface area contributed by atoms with E-state index in [-0.39, 0.29) is 36.2 Å². The van der Waals surface area contributed by atoms with Crippen LogP contribution in [0.2, 0.25) is 0 Å². The van der Waals surface area contributed by atoms with Crippen molar-refractivity contribution in [1.82, 2.24) is 0 Å². The standard InChI is InChI=1S/C23H31N4O6P/c1-15(2)12-23(26,21(30)33-13-16-7-4-3-5-8-16)34(31,32)14-19(20(28)29)17-9-6-10-18(11-17)27-22(24)25/h3-11,15,19H,12-14,26H2,1-2H3,(H,28,29)(H,31,32)(H4,24,25,27). The van der Waals surface area contributed by atoms with Crippen molar-refractivity contribution in [2.24, 2.45) is 28.1 Å². The summed E-state index contributed by atoms with van der Waals surface area (Å²) < 4.78 is 18.9.